The van der Waals surface area contributed by atoms with Gasteiger partial charge in [0.2, 0.25) is 0 Å². The zero-order valence-corrected chi connectivity index (χ0v) is 13.3. The summed E-state index contributed by atoms with van der Waals surface area (Å²) in [7, 11) is -3.34. The Morgan fingerprint density at radius 2 is 2.05 bits per heavy atom. The molecule has 1 N–H and O–H groups in total. The van der Waals surface area contributed by atoms with Gasteiger partial charge in [0.05, 0.1) is 14.7 Å². The van der Waals surface area contributed by atoms with Crippen LogP contribution in [0, 0.1) is 0 Å². The van der Waals surface area contributed by atoms with Crippen LogP contribution in [0.2, 0.25) is 8.67 Å². The molecule has 8 heteroatoms. The van der Waals surface area contributed by atoms with E-state index in [1.165, 1.54) is 17.4 Å². The number of aromatic amines is 1. The Morgan fingerprint density at radius 1 is 1.30 bits per heavy atom. The molecule has 0 spiro atoms. The van der Waals surface area contributed by atoms with Gasteiger partial charge in [-0.3, -0.25) is 0 Å². The summed E-state index contributed by atoms with van der Waals surface area (Å²) in [5, 5.41) is 0. The lowest BCUT2D eigenvalue weighted by atomic mass is 10.3. The molecule has 104 valence electrons. The molecule has 0 aliphatic heterocycles. The van der Waals surface area contributed by atoms with Crippen LogP contribution in [-0.2, 0) is 9.84 Å². The van der Waals surface area contributed by atoms with E-state index in [1.54, 1.807) is 18.2 Å². The molecular weight excluding hydrogens is 339 g/mol. The van der Waals surface area contributed by atoms with E-state index in [4.69, 9.17) is 23.2 Å². The Balaban J connectivity index is 2.29. The van der Waals surface area contributed by atoms with E-state index in [9.17, 15) is 8.42 Å². The number of halogens is 2. The molecule has 0 aliphatic rings. The summed E-state index contributed by atoms with van der Waals surface area (Å²) in [5.74, 6) is 0.504. The highest BCUT2D eigenvalue weighted by molar-refractivity contribution is 7.91. The van der Waals surface area contributed by atoms with Gasteiger partial charge in [0.25, 0.3) is 0 Å². The van der Waals surface area contributed by atoms with Crippen LogP contribution in [0.25, 0.3) is 22.4 Å². The summed E-state index contributed by atoms with van der Waals surface area (Å²) in [6.45, 7) is 0. The number of sulfone groups is 1. The van der Waals surface area contributed by atoms with Gasteiger partial charge in [0.1, 0.15) is 15.7 Å². The van der Waals surface area contributed by atoms with Crippen LogP contribution < -0.4 is 0 Å². The van der Waals surface area contributed by atoms with Gasteiger partial charge in [0, 0.05) is 11.8 Å². The first-order chi connectivity index (χ1) is 9.36. The number of thiophene rings is 1. The largest absolute Gasteiger partial charge is 0.338 e. The summed E-state index contributed by atoms with van der Waals surface area (Å²) in [5.41, 5.74) is 1.71. The average Bonchev–Trinajstić information content (AvgIpc) is 2.89. The van der Waals surface area contributed by atoms with E-state index in [0.717, 1.165) is 6.26 Å². The van der Waals surface area contributed by atoms with E-state index < -0.39 is 9.84 Å². The fourth-order valence-corrected chi connectivity index (χ4v) is 4.23. The van der Waals surface area contributed by atoms with Crippen molar-refractivity contribution in [3.8, 4) is 11.4 Å². The standard InChI is InChI=1S/C12H8Cl2N2O2S2/c1-20(17,18)8-4-2-3-7-10(8)16-12(15-7)6-5-9(13)19-11(6)14/h2-5H,1H3,(H,15,16). The zero-order chi connectivity index (χ0) is 14.5. The number of para-hydroxylation sites is 1. The Hall–Kier alpha value is -1.08. The number of imidazole rings is 1. The summed E-state index contributed by atoms with van der Waals surface area (Å²) >= 11 is 13.2. The van der Waals surface area contributed by atoms with Gasteiger partial charge >= 0.3 is 0 Å². The predicted octanol–water partition coefficient (Wildman–Crippen LogP) is 4.00. The van der Waals surface area contributed by atoms with Crippen molar-refractivity contribution in [2.24, 2.45) is 0 Å². The summed E-state index contributed by atoms with van der Waals surface area (Å²) in [6, 6.07) is 6.67. The SMILES string of the molecule is CS(=O)(=O)c1cccc2[nH]c(-c3cc(Cl)sc3Cl)nc12. The lowest BCUT2D eigenvalue weighted by Crippen LogP contribution is -1.97. The number of hydrogen-bond acceptors (Lipinski definition) is 4. The van der Waals surface area contributed by atoms with Crippen molar-refractivity contribution in [1.82, 2.24) is 9.97 Å². The van der Waals surface area contributed by atoms with Gasteiger partial charge in [-0.15, -0.1) is 11.3 Å². The molecule has 2 aromatic heterocycles. The molecule has 1 aromatic carbocycles. The third-order valence-corrected chi connectivity index (χ3v) is 5.40. The number of nitrogens with zero attached hydrogens (tertiary/aromatic N) is 1. The minimum absolute atomic E-state index is 0.190. The number of nitrogens with one attached hydrogen (secondary N) is 1. The Labute approximate surface area is 129 Å². The van der Waals surface area contributed by atoms with E-state index in [0.29, 0.717) is 31.1 Å². The normalized spacial score (nSPS) is 12.2. The van der Waals surface area contributed by atoms with E-state index in [1.807, 2.05) is 0 Å². The molecule has 0 bridgehead atoms. The monoisotopic (exact) mass is 346 g/mol. The highest BCUT2D eigenvalue weighted by Gasteiger charge is 2.17. The van der Waals surface area contributed by atoms with Crippen LogP contribution in [0.3, 0.4) is 0 Å². The van der Waals surface area contributed by atoms with Crippen molar-refractivity contribution < 1.29 is 8.42 Å². The van der Waals surface area contributed by atoms with Crippen molar-refractivity contribution in [3.63, 3.8) is 0 Å². The number of fused-ring (bicyclic) bond motifs is 1. The first-order valence-electron chi connectivity index (χ1n) is 5.50. The van der Waals surface area contributed by atoms with E-state index in [-0.39, 0.29) is 4.90 Å². The van der Waals surface area contributed by atoms with Crippen molar-refractivity contribution >= 4 is 55.4 Å². The predicted molar refractivity (Wildman–Crippen MR) is 82.5 cm³/mol. The Bertz CT molecular complexity index is 913. The number of aromatic nitrogens is 2. The second kappa shape index (κ2) is 4.73. The molecule has 4 nitrogen and oxygen atoms in total. The van der Waals surface area contributed by atoms with Crippen molar-refractivity contribution in [3.05, 3.63) is 32.9 Å². The lowest BCUT2D eigenvalue weighted by Gasteiger charge is -1.97. The third kappa shape index (κ3) is 2.33. The quantitative estimate of drug-likeness (QED) is 0.762. The molecule has 0 amide bonds. The molecule has 0 saturated heterocycles. The molecule has 0 aliphatic carbocycles. The van der Waals surface area contributed by atoms with Crippen molar-refractivity contribution in [2.45, 2.75) is 4.90 Å². The lowest BCUT2D eigenvalue weighted by molar-refractivity contribution is 0.602. The van der Waals surface area contributed by atoms with Gasteiger partial charge in [-0.1, -0.05) is 29.3 Å². The molecule has 0 radical (unpaired) electrons. The van der Waals surface area contributed by atoms with Gasteiger partial charge in [-0.05, 0) is 18.2 Å². The highest BCUT2D eigenvalue weighted by Crippen LogP contribution is 2.38. The van der Waals surface area contributed by atoms with Crippen LogP contribution in [-0.4, -0.2) is 24.6 Å². The fourth-order valence-electron chi connectivity index (χ4n) is 1.93. The van der Waals surface area contributed by atoms with Crippen LogP contribution >= 0.6 is 34.5 Å². The molecule has 2 heterocycles. The molecule has 0 saturated carbocycles. The second-order valence-electron chi connectivity index (χ2n) is 4.25. The van der Waals surface area contributed by atoms with Gasteiger partial charge in [0.15, 0.2) is 9.84 Å². The molecule has 3 rings (SSSR count). The molecule has 0 unspecified atom stereocenters. The Kier molecular flexibility index (Phi) is 3.29. The van der Waals surface area contributed by atoms with Crippen molar-refractivity contribution in [1.29, 1.82) is 0 Å². The molecule has 3 aromatic rings. The maximum atomic E-state index is 11.8. The molecular formula is C12H8Cl2N2O2S2. The number of hydrogen-bond donors (Lipinski definition) is 1. The molecule has 20 heavy (non-hydrogen) atoms. The second-order valence-corrected chi connectivity index (χ2v) is 8.52. The van der Waals surface area contributed by atoms with E-state index in [2.05, 4.69) is 9.97 Å². The van der Waals surface area contributed by atoms with Crippen LogP contribution in [0.4, 0.5) is 0 Å². The van der Waals surface area contributed by atoms with Crippen LogP contribution in [0.1, 0.15) is 0 Å². The Morgan fingerprint density at radius 3 is 2.65 bits per heavy atom. The third-order valence-electron chi connectivity index (χ3n) is 2.79. The molecule has 0 fully saturated rings. The van der Waals surface area contributed by atoms with Gasteiger partial charge in [-0.2, -0.15) is 0 Å². The first kappa shape index (κ1) is 13.9. The minimum atomic E-state index is -3.34. The average molecular weight is 347 g/mol. The molecule has 0 atom stereocenters. The van der Waals surface area contributed by atoms with Crippen LogP contribution in [0.15, 0.2) is 29.2 Å². The van der Waals surface area contributed by atoms with Crippen LogP contribution in [0.5, 0.6) is 0 Å². The minimum Gasteiger partial charge on any atom is -0.338 e. The summed E-state index contributed by atoms with van der Waals surface area (Å²) in [6.07, 6.45) is 1.16. The zero-order valence-electron chi connectivity index (χ0n) is 10.1. The van der Waals surface area contributed by atoms with Gasteiger partial charge < -0.3 is 4.98 Å². The first-order valence-corrected chi connectivity index (χ1v) is 8.96. The number of rotatable bonds is 2. The smallest absolute Gasteiger partial charge is 0.177 e. The van der Waals surface area contributed by atoms with Crippen molar-refractivity contribution in [2.75, 3.05) is 6.26 Å². The maximum Gasteiger partial charge on any atom is 0.177 e. The fraction of sp³-hybridized carbons (Fsp3) is 0.0833. The maximum absolute atomic E-state index is 11.8. The number of H-pyrrole nitrogens is 1. The topological polar surface area (TPSA) is 62.8 Å². The van der Waals surface area contributed by atoms with E-state index >= 15 is 0 Å². The summed E-state index contributed by atoms with van der Waals surface area (Å²) in [4.78, 5) is 7.61. The summed E-state index contributed by atoms with van der Waals surface area (Å²) < 4.78 is 24.6. The van der Waals surface area contributed by atoms with Gasteiger partial charge in [-0.25, -0.2) is 13.4 Å². The number of benzene rings is 1. The highest BCUT2D eigenvalue weighted by atomic mass is 35.5.